The van der Waals surface area contributed by atoms with Gasteiger partial charge in [0.2, 0.25) is 0 Å². The number of thiophene rings is 1. The molecule has 1 aromatic heterocycles. The second kappa shape index (κ2) is 8.57. The first-order valence-electron chi connectivity index (χ1n) is 8.08. The van der Waals surface area contributed by atoms with Crippen molar-refractivity contribution in [2.45, 2.75) is 32.9 Å². The van der Waals surface area contributed by atoms with Crippen LogP contribution in [0, 0.1) is 16.0 Å². The molecule has 1 amide bonds. The van der Waals surface area contributed by atoms with E-state index in [0.717, 1.165) is 0 Å². The van der Waals surface area contributed by atoms with Gasteiger partial charge in [-0.15, -0.1) is 11.3 Å². The fraction of sp³-hybridized carbons (Fsp3) is 0.333. The molecule has 8 heteroatoms. The second-order valence-corrected chi connectivity index (χ2v) is 7.05. The molecule has 0 aliphatic carbocycles. The van der Waals surface area contributed by atoms with E-state index in [0.29, 0.717) is 10.4 Å². The maximum atomic E-state index is 12.5. The Morgan fingerprint density at radius 3 is 2.50 bits per heavy atom. The van der Waals surface area contributed by atoms with Gasteiger partial charge in [0.1, 0.15) is 12.1 Å². The third-order valence-electron chi connectivity index (χ3n) is 3.80. The van der Waals surface area contributed by atoms with Crippen molar-refractivity contribution in [3.05, 3.63) is 62.3 Å². The highest BCUT2D eigenvalue weighted by Crippen LogP contribution is 2.23. The molecule has 1 heterocycles. The van der Waals surface area contributed by atoms with E-state index in [1.165, 1.54) is 29.5 Å². The van der Waals surface area contributed by atoms with E-state index in [-0.39, 0.29) is 17.5 Å². The van der Waals surface area contributed by atoms with Crippen LogP contribution in [0.15, 0.2) is 41.8 Å². The zero-order chi connectivity index (χ0) is 19.3. The minimum atomic E-state index is -0.814. The SMILES string of the molecule is CC(C)[C@@H](NC(=O)c1cccs1)C(=O)O[C@H](C)c1cccc([N+](=O)[O-])c1. The molecule has 0 spiro atoms. The standard InChI is InChI=1S/C18H20N2O5S/c1-11(2)16(19-17(21)15-8-5-9-26-15)18(22)25-12(3)13-6-4-7-14(10-13)20(23)24/h4-12,16H,1-3H3,(H,19,21)/t12-,16-/m1/s1. The zero-order valence-corrected chi connectivity index (χ0v) is 15.5. The summed E-state index contributed by atoms with van der Waals surface area (Å²) in [4.78, 5) is 35.6. The Morgan fingerprint density at radius 1 is 1.19 bits per heavy atom. The van der Waals surface area contributed by atoms with Crippen molar-refractivity contribution in [1.29, 1.82) is 0 Å². The molecule has 2 aromatic rings. The fourth-order valence-corrected chi connectivity index (χ4v) is 2.95. The van der Waals surface area contributed by atoms with Crippen LogP contribution in [0.4, 0.5) is 5.69 Å². The number of nitro benzene ring substituents is 1. The molecule has 0 bridgehead atoms. The molecule has 2 rings (SSSR count). The lowest BCUT2D eigenvalue weighted by Crippen LogP contribution is -2.45. The third kappa shape index (κ3) is 4.89. The molecule has 1 N–H and O–H groups in total. The van der Waals surface area contributed by atoms with Crippen molar-refractivity contribution >= 4 is 28.9 Å². The number of benzene rings is 1. The van der Waals surface area contributed by atoms with E-state index >= 15 is 0 Å². The molecule has 0 aliphatic rings. The number of ether oxygens (including phenoxy) is 1. The Labute approximate surface area is 155 Å². The van der Waals surface area contributed by atoms with Crippen LogP contribution in [0.1, 0.15) is 42.1 Å². The van der Waals surface area contributed by atoms with Gasteiger partial charge in [-0.05, 0) is 29.9 Å². The summed E-state index contributed by atoms with van der Waals surface area (Å²) in [5, 5.41) is 15.4. The van der Waals surface area contributed by atoms with Gasteiger partial charge in [0.15, 0.2) is 0 Å². The predicted octanol–water partition coefficient (Wildman–Crippen LogP) is 3.72. The molecule has 0 aliphatic heterocycles. The number of non-ortho nitro benzene ring substituents is 1. The van der Waals surface area contributed by atoms with Crippen LogP contribution < -0.4 is 5.32 Å². The van der Waals surface area contributed by atoms with Crippen molar-refractivity contribution in [3.63, 3.8) is 0 Å². The molecular formula is C18H20N2O5S. The Bertz CT molecular complexity index is 789. The Morgan fingerprint density at radius 2 is 1.92 bits per heavy atom. The number of nitrogens with one attached hydrogen (secondary N) is 1. The number of hydrogen-bond acceptors (Lipinski definition) is 6. The molecule has 0 fully saturated rings. The van der Waals surface area contributed by atoms with Crippen molar-refractivity contribution in [2.24, 2.45) is 5.92 Å². The highest BCUT2D eigenvalue weighted by molar-refractivity contribution is 7.12. The van der Waals surface area contributed by atoms with E-state index < -0.39 is 23.0 Å². The summed E-state index contributed by atoms with van der Waals surface area (Å²) in [5.41, 5.74) is 0.441. The van der Waals surface area contributed by atoms with E-state index in [2.05, 4.69) is 5.32 Å². The zero-order valence-electron chi connectivity index (χ0n) is 14.7. The average molecular weight is 376 g/mol. The number of nitro groups is 1. The third-order valence-corrected chi connectivity index (χ3v) is 4.66. The lowest BCUT2D eigenvalue weighted by Gasteiger charge is -2.23. The molecule has 2 atom stereocenters. The van der Waals surface area contributed by atoms with Crippen LogP contribution in [-0.4, -0.2) is 22.8 Å². The average Bonchev–Trinajstić information content (AvgIpc) is 3.13. The number of hydrogen-bond donors (Lipinski definition) is 1. The minimum absolute atomic E-state index is 0.0724. The van der Waals surface area contributed by atoms with Crippen LogP contribution in [0.2, 0.25) is 0 Å². The quantitative estimate of drug-likeness (QED) is 0.451. The number of carbonyl (C=O) groups excluding carboxylic acids is 2. The van der Waals surface area contributed by atoms with Crippen LogP contribution in [0.25, 0.3) is 0 Å². The van der Waals surface area contributed by atoms with Crippen molar-refractivity contribution in [2.75, 3.05) is 0 Å². The Kier molecular flexibility index (Phi) is 6.46. The van der Waals surface area contributed by atoms with Gasteiger partial charge >= 0.3 is 5.97 Å². The summed E-state index contributed by atoms with van der Waals surface area (Å²) in [5.74, 6) is -1.09. The van der Waals surface area contributed by atoms with Gasteiger partial charge in [-0.3, -0.25) is 14.9 Å². The summed E-state index contributed by atoms with van der Waals surface area (Å²) in [6.45, 7) is 5.24. The van der Waals surface area contributed by atoms with Crippen molar-refractivity contribution < 1.29 is 19.2 Å². The second-order valence-electron chi connectivity index (χ2n) is 6.10. The molecule has 0 unspecified atom stereocenters. The number of carbonyl (C=O) groups is 2. The van der Waals surface area contributed by atoms with Crippen LogP contribution in [-0.2, 0) is 9.53 Å². The highest BCUT2D eigenvalue weighted by Gasteiger charge is 2.28. The monoisotopic (exact) mass is 376 g/mol. The van der Waals surface area contributed by atoms with E-state index in [9.17, 15) is 19.7 Å². The van der Waals surface area contributed by atoms with Gasteiger partial charge in [0.25, 0.3) is 11.6 Å². The number of nitrogens with zero attached hydrogens (tertiary/aromatic N) is 1. The first kappa shape index (κ1) is 19.6. The molecule has 0 saturated heterocycles. The normalized spacial score (nSPS) is 13.1. The summed E-state index contributed by atoms with van der Waals surface area (Å²) < 4.78 is 5.44. The molecule has 0 saturated carbocycles. The van der Waals surface area contributed by atoms with Crippen molar-refractivity contribution in [1.82, 2.24) is 5.32 Å². The van der Waals surface area contributed by atoms with Gasteiger partial charge in [0.05, 0.1) is 9.80 Å². The summed E-state index contributed by atoms with van der Waals surface area (Å²) in [6.07, 6.45) is -0.678. The largest absolute Gasteiger partial charge is 0.456 e. The molecule has 7 nitrogen and oxygen atoms in total. The number of esters is 1. The molecule has 0 radical (unpaired) electrons. The summed E-state index contributed by atoms with van der Waals surface area (Å²) in [6, 6.07) is 8.55. The van der Waals surface area contributed by atoms with Crippen LogP contribution in [0.3, 0.4) is 0 Å². The van der Waals surface area contributed by atoms with Gasteiger partial charge in [-0.1, -0.05) is 32.0 Å². The Balaban J connectivity index is 2.08. The van der Waals surface area contributed by atoms with E-state index in [4.69, 9.17) is 4.74 Å². The molecule has 1 aromatic carbocycles. The number of rotatable bonds is 7. The van der Waals surface area contributed by atoms with Crippen LogP contribution in [0.5, 0.6) is 0 Å². The number of amides is 1. The van der Waals surface area contributed by atoms with Gasteiger partial charge in [-0.25, -0.2) is 4.79 Å². The first-order valence-corrected chi connectivity index (χ1v) is 8.96. The van der Waals surface area contributed by atoms with Crippen molar-refractivity contribution in [3.8, 4) is 0 Å². The van der Waals surface area contributed by atoms with Crippen LogP contribution >= 0.6 is 11.3 Å². The molecule has 138 valence electrons. The Hall–Kier alpha value is -2.74. The van der Waals surface area contributed by atoms with E-state index in [1.807, 2.05) is 0 Å². The van der Waals surface area contributed by atoms with E-state index in [1.54, 1.807) is 44.4 Å². The summed E-state index contributed by atoms with van der Waals surface area (Å²) >= 11 is 1.28. The lowest BCUT2D eigenvalue weighted by atomic mass is 10.0. The molecular weight excluding hydrogens is 356 g/mol. The predicted molar refractivity (Wildman–Crippen MR) is 98.0 cm³/mol. The summed E-state index contributed by atoms with van der Waals surface area (Å²) in [7, 11) is 0. The maximum Gasteiger partial charge on any atom is 0.329 e. The molecule has 26 heavy (non-hydrogen) atoms. The first-order chi connectivity index (χ1) is 12.3. The lowest BCUT2D eigenvalue weighted by molar-refractivity contribution is -0.385. The fourth-order valence-electron chi connectivity index (χ4n) is 2.32. The minimum Gasteiger partial charge on any atom is -0.456 e. The smallest absolute Gasteiger partial charge is 0.329 e. The maximum absolute atomic E-state index is 12.5. The van der Waals surface area contributed by atoms with Gasteiger partial charge in [0, 0.05) is 12.1 Å². The highest BCUT2D eigenvalue weighted by atomic mass is 32.1. The van der Waals surface area contributed by atoms with Gasteiger partial charge < -0.3 is 10.1 Å². The topological polar surface area (TPSA) is 98.5 Å². The van der Waals surface area contributed by atoms with Gasteiger partial charge in [-0.2, -0.15) is 0 Å².